The molecule has 7 nitrogen and oxygen atoms in total. The van der Waals surface area contributed by atoms with Crippen molar-refractivity contribution in [1.82, 2.24) is 14.7 Å². The summed E-state index contributed by atoms with van der Waals surface area (Å²) in [5.74, 6) is -0.315. The van der Waals surface area contributed by atoms with Crippen LogP contribution in [-0.2, 0) is 16.1 Å². The van der Waals surface area contributed by atoms with E-state index in [1.807, 2.05) is 24.3 Å². The Morgan fingerprint density at radius 2 is 1.69 bits per heavy atom. The van der Waals surface area contributed by atoms with Crippen LogP contribution in [0.4, 0.5) is 4.79 Å². The van der Waals surface area contributed by atoms with Crippen LogP contribution in [0.5, 0.6) is 5.75 Å². The first kappa shape index (κ1) is 19.9. The predicted octanol–water partition coefficient (Wildman–Crippen LogP) is 2.99. The molecule has 0 spiro atoms. The van der Waals surface area contributed by atoms with Crippen molar-refractivity contribution in [2.45, 2.75) is 64.1 Å². The van der Waals surface area contributed by atoms with E-state index < -0.39 is 17.8 Å². The first-order valence-corrected chi connectivity index (χ1v) is 10.6. The third-order valence-corrected chi connectivity index (χ3v) is 6.41. The second-order valence-electron chi connectivity index (χ2n) is 8.49. The molecule has 2 aliphatic carbocycles. The number of amides is 4. The van der Waals surface area contributed by atoms with E-state index in [1.54, 1.807) is 7.11 Å². The average molecular weight is 399 g/mol. The van der Waals surface area contributed by atoms with E-state index >= 15 is 0 Å². The van der Waals surface area contributed by atoms with Gasteiger partial charge in [-0.2, -0.15) is 0 Å². The summed E-state index contributed by atoms with van der Waals surface area (Å²) in [6.45, 7) is 2.86. The molecular formula is C22H29N3O4. The van der Waals surface area contributed by atoms with E-state index in [4.69, 9.17) is 4.74 Å². The second kappa shape index (κ2) is 8.14. The maximum absolute atomic E-state index is 13.1. The van der Waals surface area contributed by atoms with Crippen molar-refractivity contribution in [1.29, 1.82) is 0 Å². The van der Waals surface area contributed by atoms with Crippen molar-refractivity contribution in [2.24, 2.45) is 5.92 Å². The molecule has 1 aliphatic heterocycles. The van der Waals surface area contributed by atoms with Crippen molar-refractivity contribution < 1.29 is 19.1 Å². The summed E-state index contributed by atoms with van der Waals surface area (Å²) in [5.41, 5.74) is 1.08. The third-order valence-electron chi connectivity index (χ3n) is 6.41. The summed E-state index contributed by atoms with van der Waals surface area (Å²) in [4.78, 5) is 42.9. The zero-order valence-electron chi connectivity index (χ0n) is 17.2. The van der Waals surface area contributed by atoms with Gasteiger partial charge in [-0.15, -0.1) is 0 Å². The van der Waals surface area contributed by atoms with Crippen LogP contribution < -0.4 is 4.74 Å². The maximum atomic E-state index is 13.1. The van der Waals surface area contributed by atoms with Crippen LogP contribution in [0.15, 0.2) is 24.3 Å². The van der Waals surface area contributed by atoms with Crippen LogP contribution in [0.3, 0.4) is 0 Å². The highest BCUT2D eigenvalue weighted by Crippen LogP contribution is 2.33. The molecule has 1 aromatic rings. The molecular weight excluding hydrogens is 370 g/mol. The number of rotatable bonds is 7. The number of urea groups is 1. The van der Waals surface area contributed by atoms with Crippen LogP contribution in [0.1, 0.15) is 51.0 Å². The maximum Gasteiger partial charge on any atom is 0.335 e. The lowest BCUT2D eigenvalue weighted by molar-refractivity contribution is -0.145. The number of ether oxygens (including phenoxy) is 1. The fraction of sp³-hybridized carbons (Fsp3) is 0.591. The summed E-state index contributed by atoms with van der Waals surface area (Å²) in [6.07, 6.45) is 5.97. The summed E-state index contributed by atoms with van der Waals surface area (Å²) in [6, 6.07) is 7.53. The van der Waals surface area contributed by atoms with E-state index in [2.05, 4.69) is 11.8 Å². The van der Waals surface area contributed by atoms with Gasteiger partial charge in [0.25, 0.3) is 0 Å². The van der Waals surface area contributed by atoms with E-state index in [0.29, 0.717) is 12.6 Å². The summed E-state index contributed by atoms with van der Waals surface area (Å²) < 4.78 is 5.21. The van der Waals surface area contributed by atoms with E-state index in [1.165, 1.54) is 4.90 Å². The van der Waals surface area contributed by atoms with Crippen molar-refractivity contribution >= 4 is 17.8 Å². The van der Waals surface area contributed by atoms with Crippen LogP contribution in [0.25, 0.3) is 0 Å². The summed E-state index contributed by atoms with van der Waals surface area (Å²) in [5, 5.41) is 0. The van der Waals surface area contributed by atoms with Gasteiger partial charge in [0, 0.05) is 18.6 Å². The standard InChI is InChI=1S/C22H29N3O4/c1-15-5-3-4-6-19(15)25-21(27)20(26)24(22(25)28)14-23(17-9-10-17)13-16-7-11-18(29-2)12-8-16/h7-8,11-12,15,17,19H,3-6,9-10,13-14H2,1-2H3. The molecule has 3 fully saturated rings. The van der Waals surface area contributed by atoms with Gasteiger partial charge in [-0.25, -0.2) is 9.69 Å². The molecule has 1 aromatic carbocycles. The molecule has 2 atom stereocenters. The molecule has 1 heterocycles. The van der Waals surface area contributed by atoms with Gasteiger partial charge in [0.1, 0.15) is 5.75 Å². The largest absolute Gasteiger partial charge is 0.497 e. The first-order valence-electron chi connectivity index (χ1n) is 10.6. The van der Waals surface area contributed by atoms with Gasteiger partial charge in [0.05, 0.1) is 13.8 Å². The zero-order chi connectivity index (χ0) is 20.5. The molecule has 156 valence electrons. The lowest BCUT2D eigenvalue weighted by Gasteiger charge is -2.34. The smallest absolute Gasteiger partial charge is 0.335 e. The summed E-state index contributed by atoms with van der Waals surface area (Å²) in [7, 11) is 1.63. The Labute approximate surface area is 171 Å². The highest BCUT2D eigenvalue weighted by atomic mass is 16.5. The number of imide groups is 2. The van der Waals surface area contributed by atoms with E-state index in [-0.39, 0.29) is 18.6 Å². The summed E-state index contributed by atoms with van der Waals surface area (Å²) >= 11 is 0. The van der Waals surface area contributed by atoms with Gasteiger partial charge in [0.15, 0.2) is 0 Å². The van der Waals surface area contributed by atoms with Crippen molar-refractivity contribution in [3.8, 4) is 5.75 Å². The fourth-order valence-electron chi connectivity index (χ4n) is 4.50. The molecule has 7 heteroatoms. The molecule has 29 heavy (non-hydrogen) atoms. The number of benzene rings is 1. The van der Waals surface area contributed by atoms with Gasteiger partial charge in [-0.1, -0.05) is 31.9 Å². The van der Waals surface area contributed by atoms with Crippen molar-refractivity contribution in [3.05, 3.63) is 29.8 Å². The Balaban J connectivity index is 1.48. The monoisotopic (exact) mass is 399 g/mol. The second-order valence-corrected chi connectivity index (χ2v) is 8.49. The molecule has 2 saturated carbocycles. The van der Waals surface area contributed by atoms with Gasteiger partial charge in [0.2, 0.25) is 0 Å². The van der Waals surface area contributed by atoms with Crippen LogP contribution in [0, 0.1) is 5.92 Å². The van der Waals surface area contributed by atoms with E-state index in [0.717, 1.165) is 54.7 Å². The lowest BCUT2D eigenvalue weighted by atomic mass is 9.85. The first-order chi connectivity index (χ1) is 14.0. The number of methoxy groups -OCH3 is 1. The SMILES string of the molecule is COc1ccc(CN(CN2C(=O)C(=O)N(C3CCCCC3C)C2=O)C2CC2)cc1. The average Bonchev–Trinajstić information content (AvgIpc) is 3.55. The number of hydrogen-bond acceptors (Lipinski definition) is 5. The molecule has 0 radical (unpaired) electrons. The Kier molecular flexibility index (Phi) is 5.58. The fourth-order valence-corrected chi connectivity index (χ4v) is 4.50. The van der Waals surface area contributed by atoms with Gasteiger partial charge >= 0.3 is 17.8 Å². The van der Waals surface area contributed by atoms with E-state index in [9.17, 15) is 14.4 Å². The minimum Gasteiger partial charge on any atom is -0.497 e. The Hall–Kier alpha value is -2.41. The molecule has 4 rings (SSSR count). The normalized spacial score (nSPS) is 25.3. The molecule has 4 amide bonds. The molecule has 0 aromatic heterocycles. The number of hydrogen-bond donors (Lipinski definition) is 0. The Morgan fingerprint density at radius 1 is 1.00 bits per heavy atom. The topological polar surface area (TPSA) is 70.2 Å². The minimum atomic E-state index is -0.687. The Morgan fingerprint density at radius 3 is 2.31 bits per heavy atom. The molecule has 1 saturated heterocycles. The van der Waals surface area contributed by atoms with Crippen LogP contribution in [0.2, 0.25) is 0 Å². The predicted molar refractivity (Wildman–Crippen MR) is 107 cm³/mol. The number of carbonyl (C=O) groups is 3. The quantitative estimate of drug-likeness (QED) is 0.521. The van der Waals surface area contributed by atoms with Crippen LogP contribution in [-0.4, -0.2) is 58.4 Å². The Bertz CT molecular complexity index is 790. The molecule has 0 bridgehead atoms. The highest BCUT2D eigenvalue weighted by Gasteiger charge is 2.50. The lowest BCUT2D eigenvalue weighted by Crippen LogP contribution is -2.47. The number of nitrogens with zero attached hydrogens (tertiary/aromatic N) is 3. The molecule has 2 unspecified atom stereocenters. The highest BCUT2D eigenvalue weighted by molar-refractivity contribution is 6.44. The van der Waals surface area contributed by atoms with Crippen molar-refractivity contribution in [3.63, 3.8) is 0 Å². The van der Waals surface area contributed by atoms with Gasteiger partial charge < -0.3 is 4.74 Å². The van der Waals surface area contributed by atoms with Gasteiger partial charge in [-0.3, -0.25) is 19.4 Å². The minimum absolute atomic E-state index is 0.159. The molecule has 3 aliphatic rings. The number of carbonyl (C=O) groups excluding carboxylic acids is 3. The zero-order valence-corrected chi connectivity index (χ0v) is 17.2. The molecule has 0 N–H and O–H groups in total. The van der Waals surface area contributed by atoms with Crippen molar-refractivity contribution in [2.75, 3.05) is 13.8 Å². The van der Waals surface area contributed by atoms with Crippen LogP contribution >= 0.6 is 0 Å². The third kappa shape index (κ3) is 4.01. The van der Waals surface area contributed by atoms with Gasteiger partial charge in [-0.05, 0) is 49.3 Å².